The fourth-order valence-electron chi connectivity index (χ4n) is 1.70. The number of halogens is 1. The Bertz CT molecular complexity index is 691. The van der Waals surface area contributed by atoms with Gasteiger partial charge in [-0.3, -0.25) is 4.40 Å². The fraction of sp³-hybridized carbons (Fsp3) is 0. The van der Waals surface area contributed by atoms with Crippen molar-refractivity contribution in [3.63, 3.8) is 0 Å². The smallest absolute Gasteiger partial charge is 0.220 e. The predicted molar refractivity (Wildman–Crippen MR) is 73.3 cm³/mol. The fourth-order valence-corrected chi connectivity index (χ4v) is 2.49. The average Bonchev–Trinajstić information content (AvgIpc) is 2.64. The molecule has 3 aromatic heterocycles. The van der Waals surface area contributed by atoms with Crippen molar-refractivity contribution in [1.82, 2.24) is 19.4 Å². The molecule has 0 aromatic carbocycles. The minimum absolute atomic E-state index is 0.268. The molecule has 3 aromatic rings. The van der Waals surface area contributed by atoms with E-state index in [1.807, 2.05) is 34.9 Å². The largest absolute Gasteiger partial charge is 0.368 e. The van der Waals surface area contributed by atoms with Gasteiger partial charge in [0, 0.05) is 12.4 Å². The van der Waals surface area contributed by atoms with Gasteiger partial charge in [0.05, 0.1) is 5.69 Å². The highest BCUT2D eigenvalue weighted by molar-refractivity contribution is 14.1. The number of imidazole rings is 1. The van der Waals surface area contributed by atoms with Gasteiger partial charge < -0.3 is 5.73 Å². The van der Waals surface area contributed by atoms with Crippen LogP contribution in [0.3, 0.4) is 0 Å². The highest BCUT2D eigenvalue weighted by Crippen LogP contribution is 2.24. The first kappa shape index (κ1) is 10.5. The van der Waals surface area contributed by atoms with Crippen LogP contribution in [0.25, 0.3) is 17.0 Å². The summed E-state index contributed by atoms with van der Waals surface area (Å²) in [5.41, 5.74) is 8.22. The van der Waals surface area contributed by atoms with E-state index in [1.54, 1.807) is 6.20 Å². The number of anilines is 1. The van der Waals surface area contributed by atoms with Gasteiger partial charge in [-0.25, -0.2) is 15.0 Å². The van der Waals surface area contributed by atoms with Crippen LogP contribution in [0.1, 0.15) is 0 Å². The molecule has 3 heterocycles. The lowest BCUT2D eigenvalue weighted by molar-refractivity contribution is 1.13. The van der Waals surface area contributed by atoms with Gasteiger partial charge in [0.2, 0.25) is 5.95 Å². The summed E-state index contributed by atoms with van der Waals surface area (Å²) < 4.78 is 2.88. The van der Waals surface area contributed by atoms with Crippen molar-refractivity contribution < 1.29 is 0 Å². The lowest BCUT2D eigenvalue weighted by Crippen LogP contribution is -1.97. The highest BCUT2D eigenvalue weighted by Gasteiger charge is 2.12. The number of fused-ring (bicyclic) bond motifs is 1. The average molecular weight is 337 g/mol. The van der Waals surface area contributed by atoms with Gasteiger partial charge >= 0.3 is 0 Å². The zero-order chi connectivity index (χ0) is 11.8. The van der Waals surface area contributed by atoms with Crippen molar-refractivity contribution in [2.45, 2.75) is 0 Å². The molecule has 0 radical (unpaired) electrons. The Labute approximate surface area is 111 Å². The maximum absolute atomic E-state index is 5.60. The lowest BCUT2D eigenvalue weighted by atomic mass is 10.3. The molecule has 17 heavy (non-hydrogen) atoms. The monoisotopic (exact) mass is 337 g/mol. The Balaban J connectivity index is 2.33. The minimum Gasteiger partial charge on any atom is -0.368 e. The van der Waals surface area contributed by atoms with E-state index in [0.717, 1.165) is 20.7 Å². The zero-order valence-corrected chi connectivity index (χ0v) is 10.9. The molecule has 0 unspecified atom stereocenters. The number of nitrogens with zero attached hydrogens (tertiary/aromatic N) is 4. The second-order valence-corrected chi connectivity index (χ2v) is 4.50. The van der Waals surface area contributed by atoms with Crippen LogP contribution < -0.4 is 5.73 Å². The molecule has 2 N–H and O–H groups in total. The summed E-state index contributed by atoms with van der Waals surface area (Å²) in [6.45, 7) is 0. The third-order valence-corrected chi connectivity index (χ3v) is 3.16. The maximum Gasteiger partial charge on any atom is 0.220 e. The molecule has 5 nitrogen and oxygen atoms in total. The van der Waals surface area contributed by atoms with Gasteiger partial charge in [-0.15, -0.1) is 0 Å². The Morgan fingerprint density at radius 2 is 2.06 bits per heavy atom. The van der Waals surface area contributed by atoms with Gasteiger partial charge in [-0.05, 0) is 40.8 Å². The van der Waals surface area contributed by atoms with Crippen LogP contribution in [0.2, 0.25) is 0 Å². The Morgan fingerprint density at radius 1 is 1.18 bits per heavy atom. The Morgan fingerprint density at radius 3 is 2.88 bits per heavy atom. The van der Waals surface area contributed by atoms with Gasteiger partial charge in [-0.2, -0.15) is 0 Å². The van der Waals surface area contributed by atoms with Crippen molar-refractivity contribution in [2.75, 3.05) is 5.73 Å². The number of hydrogen-bond donors (Lipinski definition) is 1. The summed E-state index contributed by atoms with van der Waals surface area (Å²) in [7, 11) is 0. The van der Waals surface area contributed by atoms with Crippen molar-refractivity contribution in [3.05, 3.63) is 40.4 Å². The summed E-state index contributed by atoms with van der Waals surface area (Å²) >= 11 is 2.20. The summed E-state index contributed by atoms with van der Waals surface area (Å²) in [6.07, 6.45) is 3.61. The molecular formula is C11H8IN5. The molecule has 0 bridgehead atoms. The first-order chi connectivity index (χ1) is 8.25. The number of pyridine rings is 1. The van der Waals surface area contributed by atoms with E-state index < -0.39 is 0 Å². The van der Waals surface area contributed by atoms with E-state index in [-0.39, 0.29) is 5.95 Å². The van der Waals surface area contributed by atoms with Gasteiger partial charge in [0.25, 0.3) is 0 Å². The van der Waals surface area contributed by atoms with Crippen LogP contribution in [0.4, 0.5) is 5.95 Å². The van der Waals surface area contributed by atoms with E-state index in [9.17, 15) is 0 Å². The van der Waals surface area contributed by atoms with Crippen LogP contribution in [0.15, 0.2) is 36.7 Å². The number of rotatable bonds is 1. The van der Waals surface area contributed by atoms with Crippen LogP contribution in [-0.4, -0.2) is 19.4 Å². The van der Waals surface area contributed by atoms with E-state index in [2.05, 4.69) is 37.5 Å². The van der Waals surface area contributed by atoms with E-state index in [0.29, 0.717) is 0 Å². The SMILES string of the molecule is Nc1nccc(-c2c(I)nc3ccccn23)n1. The second kappa shape index (κ2) is 3.95. The third-order valence-electron chi connectivity index (χ3n) is 2.40. The molecule has 6 heteroatoms. The van der Waals surface area contributed by atoms with Gasteiger partial charge in [-0.1, -0.05) is 6.07 Å². The summed E-state index contributed by atoms with van der Waals surface area (Å²) in [4.78, 5) is 12.6. The normalized spacial score (nSPS) is 10.9. The molecule has 0 atom stereocenters. The summed E-state index contributed by atoms with van der Waals surface area (Å²) in [5.74, 6) is 0.268. The van der Waals surface area contributed by atoms with E-state index in [4.69, 9.17) is 5.73 Å². The van der Waals surface area contributed by atoms with Crippen LogP contribution in [-0.2, 0) is 0 Å². The number of nitrogen functional groups attached to an aromatic ring is 1. The van der Waals surface area contributed by atoms with E-state index in [1.165, 1.54) is 0 Å². The highest BCUT2D eigenvalue weighted by atomic mass is 127. The predicted octanol–water partition coefficient (Wildman–Crippen LogP) is 1.98. The van der Waals surface area contributed by atoms with Crippen molar-refractivity contribution >= 4 is 34.2 Å². The molecule has 0 saturated carbocycles. The van der Waals surface area contributed by atoms with E-state index >= 15 is 0 Å². The number of aromatic nitrogens is 4. The molecule has 0 fully saturated rings. The molecular weight excluding hydrogens is 329 g/mol. The Hall–Kier alpha value is -1.70. The molecule has 0 spiro atoms. The molecule has 3 rings (SSSR count). The minimum atomic E-state index is 0.268. The van der Waals surface area contributed by atoms with Gasteiger partial charge in [0.15, 0.2) is 0 Å². The molecule has 0 saturated heterocycles. The summed E-state index contributed by atoms with van der Waals surface area (Å²) in [5, 5.41) is 0. The molecule has 0 aliphatic heterocycles. The second-order valence-electron chi connectivity index (χ2n) is 3.48. The molecule has 0 amide bonds. The number of nitrogens with two attached hydrogens (primary N) is 1. The molecule has 0 aliphatic rings. The van der Waals surface area contributed by atoms with Crippen LogP contribution >= 0.6 is 22.6 Å². The third kappa shape index (κ3) is 1.74. The van der Waals surface area contributed by atoms with Crippen molar-refractivity contribution in [1.29, 1.82) is 0 Å². The maximum atomic E-state index is 5.60. The first-order valence-corrected chi connectivity index (χ1v) is 6.05. The molecule has 0 aliphatic carbocycles. The Kier molecular flexibility index (Phi) is 2.43. The summed E-state index contributed by atoms with van der Waals surface area (Å²) in [6, 6.07) is 7.69. The zero-order valence-electron chi connectivity index (χ0n) is 8.71. The number of hydrogen-bond acceptors (Lipinski definition) is 4. The van der Waals surface area contributed by atoms with Gasteiger partial charge in [0.1, 0.15) is 15.0 Å². The first-order valence-electron chi connectivity index (χ1n) is 4.97. The van der Waals surface area contributed by atoms with Crippen LogP contribution in [0, 0.1) is 3.70 Å². The van der Waals surface area contributed by atoms with Crippen molar-refractivity contribution in [2.24, 2.45) is 0 Å². The lowest BCUT2D eigenvalue weighted by Gasteiger charge is -2.01. The van der Waals surface area contributed by atoms with Crippen molar-refractivity contribution in [3.8, 4) is 11.4 Å². The quantitative estimate of drug-likeness (QED) is 0.690. The molecule has 84 valence electrons. The topological polar surface area (TPSA) is 69.1 Å². The standard InChI is InChI=1S/C11H8IN5/c12-10-9(7-4-5-14-11(13)15-7)17-6-2-1-3-8(17)16-10/h1-6H,(H2,13,14,15). The van der Waals surface area contributed by atoms with Crippen LogP contribution in [0.5, 0.6) is 0 Å².